The minimum atomic E-state index is -0.762. The molecule has 0 heterocycles. The summed E-state index contributed by atoms with van der Waals surface area (Å²) in [5.74, 6) is 0.249. The van der Waals surface area contributed by atoms with Crippen molar-refractivity contribution < 1.29 is 9.90 Å². The molecule has 0 bridgehead atoms. The van der Waals surface area contributed by atoms with Crippen molar-refractivity contribution in [1.29, 1.82) is 0 Å². The average Bonchev–Trinajstić information content (AvgIpc) is 2.34. The molecule has 0 aliphatic carbocycles. The average molecular weight is 253 g/mol. The molecule has 0 saturated heterocycles. The van der Waals surface area contributed by atoms with Gasteiger partial charge < -0.3 is 10.4 Å². The summed E-state index contributed by atoms with van der Waals surface area (Å²) in [6, 6.07) is 9.42. The van der Waals surface area contributed by atoms with Crippen molar-refractivity contribution in [3.8, 4) is 0 Å². The molecule has 3 nitrogen and oxygen atoms in total. The summed E-state index contributed by atoms with van der Waals surface area (Å²) in [6.07, 6.45) is 3.65. The maximum Gasteiger partial charge on any atom is 0.320 e. The lowest BCUT2D eigenvalue weighted by atomic mass is 10.1. The van der Waals surface area contributed by atoms with Gasteiger partial charge in [-0.25, -0.2) is 0 Å². The first-order valence-electron chi connectivity index (χ1n) is 5.73. The molecule has 0 radical (unpaired) electrons. The molecule has 2 N–H and O–H groups in total. The van der Waals surface area contributed by atoms with Crippen LogP contribution in [0.4, 0.5) is 0 Å². The topological polar surface area (TPSA) is 49.3 Å². The van der Waals surface area contributed by atoms with Gasteiger partial charge in [-0.2, -0.15) is 11.8 Å². The summed E-state index contributed by atoms with van der Waals surface area (Å²) < 4.78 is 0. The van der Waals surface area contributed by atoms with Gasteiger partial charge in [-0.1, -0.05) is 30.3 Å². The summed E-state index contributed by atoms with van der Waals surface area (Å²) in [5.41, 5.74) is 1.11. The first kappa shape index (κ1) is 14.1. The van der Waals surface area contributed by atoms with Crippen LogP contribution in [-0.4, -0.2) is 29.1 Å². The molecule has 1 aromatic carbocycles. The normalized spacial score (nSPS) is 12.3. The molecule has 0 saturated carbocycles. The van der Waals surface area contributed by atoms with Gasteiger partial charge in [-0.3, -0.25) is 4.79 Å². The Morgan fingerprint density at radius 2 is 2.12 bits per heavy atom. The predicted octanol–water partition coefficient (Wildman–Crippen LogP) is 2.37. The molecule has 17 heavy (non-hydrogen) atoms. The van der Waals surface area contributed by atoms with Crippen molar-refractivity contribution in [2.24, 2.45) is 0 Å². The Morgan fingerprint density at radius 3 is 2.71 bits per heavy atom. The van der Waals surface area contributed by atoms with Crippen LogP contribution < -0.4 is 5.32 Å². The molecule has 1 rings (SSSR count). The number of hydrogen-bond acceptors (Lipinski definition) is 3. The van der Waals surface area contributed by atoms with Crippen LogP contribution in [0.3, 0.4) is 0 Å². The van der Waals surface area contributed by atoms with E-state index < -0.39 is 12.0 Å². The fraction of sp³-hybridized carbons (Fsp3) is 0.462. The van der Waals surface area contributed by atoms with Crippen molar-refractivity contribution >= 4 is 17.7 Å². The number of rotatable bonds is 8. The largest absolute Gasteiger partial charge is 0.480 e. The van der Waals surface area contributed by atoms with Gasteiger partial charge in [0.25, 0.3) is 0 Å². The Bertz CT molecular complexity index is 329. The Labute approximate surface area is 107 Å². The van der Waals surface area contributed by atoms with E-state index in [1.165, 1.54) is 0 Å². The minimum absolute atomic E-state index is 0.442. The van der Waals surface area contributed by atoms with Gasteiger partial charge >= 0.3 is 5.97 Å². The van der Waals surface area contributed by atoms with E-state index in [9.17, 15) is 4.79 Å². The third kappa shape index (κ3) is 5.75. The Balaban J connectivity index is 2.36. The standard InChI is InChI=1S/C13H19NO2S/c1-17-9-5-8-12(13(15)16)14-10-11-6-3-2-4-7-11/h2-4,6-7,12,14H,5,8-10H2,1H3,(H,15,16). The lowest BCUT2D eigenvalue weighted by molar-refractivity contribution is -0.139. The van der Waals surface area contributed by atoms with E-state index in [2.05, 4.69) is 5.32 Å². The summed E-state index contributed by atoms with van der Waals surface area (Å²) in [6.45, 7) is 0.608. The van der Waals surface area contributed by atoms with Gasteiger partial charge in [0.2, 0.25) is 0 Å². The Hall–Kier alpha value is -1.00. The lowest BCUT2D eigenvalue weighted by Crippen LogP contribution is -2.36. The smallest absolute Gasteiger partial charge is 0.320 e. The van der Waals surface area contributed by atoms with Gasteiger partial charge in [-0.15, -0.1) is 0 Å². The van der Waals surface area contributed by atoms with Gasteiger partial charge in [0.15, 0.2) is 0 Å². The minimum Gasteiger partial charge on any atom is -0.480 e. The number of carboxylic acid groups (broad SMARTS) is 1. The third-order valence-corrected chi connectivity index (χ3v) is 3.23. The third-order valence-electron chi connectivity index (χ3n) is 2.53. The quantitative estimate of drug-likeness (QED) is 0.698. The van der Waals surface area contributed by atoms with Gasteiger partial charge in [-0.05, 0) is 30.4 Å². The van der Waals surface area contributed by atoms with E-state index >= 15 is 0 Å². The molecule has 0 spiro atoms. The summed E-state index contributed by atoms with van der Waals surface area (Å²) >= 11 is 1.75. The second kappa shape index (κ2) is 8.14. The van der Waals surface area contributed by atoms with Crippen LogP contribution in [0.2, 0.25) is 0 Å². The molecule has 1 aromatic rings. The zero-order valence-corrected chi connectivity index (χ0v) is 10.9. The first-order valence-corrected chi connectivity index (χ1v) is 7.12. The molecular weight excluding hydrogens is 234 g/mol. The van der Waals surface area contributed by atoms with E-state index in [1.807, 2.05) is 36.6 Å². The molecule has 0 aromatic heterocycles. The molecular formula is C13H19NO2S. The maximum atomic E-state index is 11.0. The van der Waals surface area contributed by atoms with Crippen LogP contribution in [0.15, 0.2) is 30.3 Å². The molecule has 4 heteroatoms. The van der Waals surface area contributed by atoms with Crippen molar-refractivity contribution in [2.75, 3.05) is 12.0 Å². The number of hydrogen-bond donors (Lipinski definition) is 2. The van der Waals surface area contributed by atoms with Crippen LogP contribution in [0.25, 0.3) is 0 Å². The highest BCUT2D eigenvalue weighted by Crippen LogP contribution is 2.05. The highest BCUT2D eigenvalue weighted by Gasteiger charge is 2.15. The van der Waals surface area contributed by atoms with E-state index in [1.54, 1.807) is 11.8 Å². The number of carboxylic acids is 1. The van der Waals surface area contributed by atoms with Gasteiger partial charge in [0.05, 0.1) is 0 Å². The van der Waals surface area contributed by atoms with E-state index in [0.29, 0.717) is 13.0 Å². The van der Waals surface area contributed by atoms with E-state index in [4.69, 9.17) is 5.11 Å². The number of nitrogens with one attached hydrogen (secondary N) is 1. The van der Waals surface area contributed by atoms with Crippen molar-refractivity contribution in [3.63, 3.8) is 0 Å². The second-order valence-electron chi connectivity index (χ2n) is 3.89. The number of aliphatic carboxylic acids is 1. The number of thioether (sulfide) groups is 1. The summed E-state index contributed by atoms with van der Waals surface area (Å²) in [5, 5.41) is 12.2. The highest BCUT2D eigenvalue weighted by atomic mass is 32.2. The molecule has 1 atom stereocenters. The van der Waals surface area contributed by atoms with Crippen LogP contribution in [0.1, 0.15) is 18.4 Å². The number of benzene rings is 1. The molecule has 0 aliphatic rings. The lowest BCUT2D eigenvalue weighted by Gasteiger charge is -2.14. The van der Waals surface area contributed by atoms with Crippen molar-refractivity contribution in [2.45, 2.75) is 25.4 Å². The highest BCUT2D eigenvalue weighted by molar-refractivity contribution is 7.98. The molecule has 1 unspecified atom stereocenters. The van der Waals surface area contributed by atoms with E-state index in [-0.39, 0.29) is 0 Å². The number of carbonyl (C=O) groups is 1. The molecule has 0 aliphatic heterocycles. The van der Waals surface area contributed by atoms with Gasteiger partial charge in [0, 0.05) is 6.54 Å². The fourth-order valence-corrected chi connectivity index (χ4v) is 2.04. The van der Waals surface area contributed by atoms with Crippen molar-refractivity contribution in [3.05, 3.63) is 35.9 Å². The van der Waals surface area contributed by atoms with Crippen LogP contribution in [0.5, 0.6) is 0 Å². The molecule has 0 fully saturated rings. The summed E-state index contributed by atoms with van der Waals surface area (Å²) in [4.78, 5) is 11.0. The zero-order chi connectivity index (χ0) is 12.5. The van der Waals surface area contributed by atoms with Crippen LogP contribution >= 0.6 is 11.8 Å². The molecule has 0 amide bonds. The Kier molecular flexibility index (Phi) is 6.74. The summed E-state index contributed by atoms with van der Waals surface area (Å²) in [7, 11) is 0. The second-order valence-corrected chi connectivity index (χ2v) is 4.88. The van der Waals surface area contributed by atoms with Crippen molar-refractivity contribution in [1.82, 2.24) is 5.32 Å². The van der Waals surface area contributed by atoms with E-state index in [0.717, 1.165) is 17.7 Å². The Morgan fingerprint density at radius 1 is 1.41 bits per heavy atom. The zero-order valence-electron chi connectivity index (χ0n) is 10.1. The molecule has 94 valence electrons. The predicted molar refractivity (Wildman–Crippen MR) is 72.3 cm³/mol. The SMILES string of the molecule is CSCCCC(NCc1ccccc1)C(=O)O. The first-order chi connectivity index (χ1) is 8.24. The monoisotopic (exact) mass is 253 g/mol. The fourth-order valence-electron chi connectivity index (χ4n) is 1.58. The van der Waals surface area contributed by atoms with Gasteiger partial charge in [0.1, 0.15) is 6.04 Å². The van der Waals surface area contributed by atoms with Crippen LogP contribution in [0, 0.1) is 0 Å². The van der Waals surface area contributed by atoms with Crippen LogP contribution in [-0.2, 0) is 11.3 Å². The maximum absolute atomic E-state index is 11.0.